The van der Waals surface area contributed by atoms with Gasteiger partial charge < -0.3 is 10.1 Å². The van der Waals surface area contributed by atoms with Gasteiger partial charge >= 0.3 is 0 Å². The molecular formula is C25H27BrN2O4S. The third kappa shape index (κ3) is 6.43. The molecular weight excluding hydrogens is 504 g/mol. The number of carbonyl (C=O) groups is 1. The molecule has 0 aliphatic rings. The smallest absolute Gasteiger partial charge is 0.243 e. The molecule has 8 heteroatoms. The molecule has 0 spiro atoms. The molecule has 0 aromatic heterocycles. The molecule has 1 N–H and O–H groups in total. The topological polar surface area (TPSA) is 75.7 Å². The molecule has 1 atom stereocenters. The highest BCUT2D eigenvalue weighted by Crippen LogP contribution is 2.25. The highest BCUT2D eigenvalue weighted by Gasteiger charge is 2.27. The maximum absolute atomic E-state index is 13.4. The van der Waals surface area contributed by atoms with E-state index in [-0.39, 0.29) is 24.0 Å². The number of benzene rings is 3. The molecule has 0 aliphatic carbocycles. The van der Waals surface area contributed by atoms with Crippen molar-refractivity contribution in [3.05, 3.63) is 94.0 Å². The summed E-state index contributed by atoms with van der Waals surface area (Å²) >= 11 is 3.39. The van der Waals surface area contributed by atoms with Crippen LogP contribution in [0.15, 0.2) is 82.2 Å². The summed E-state index contributed by atoms with van der Waals surface area (Å²) in [5, 5.41) is 2.90. The van der Waals surface area contributed by atoms with Crippen LogP contribution in [0.3, 0.4) is 0 Å². The molecule has 0 aliphatic heterocycles. The maximum Gasteiger partial charge on any atom is 0.243 e. The molecule has 174 valence electrons. The summed E-state index contributed by atoms with van der Waals surface area (Å²) in [6.07, 6.45) is 0. The minimum atomic E-state index is -3.90. The van der Waals surface area contributed by atoms with Gasteiger partial charge in [-0.25, -0.2) is 8.42 Å². The number of hydrogen-bond acceptors (Lipinski definition) is 4. The van der Waals surface area contributed by atoms with Gasteiger partial charge in [0, 0.05) is 16.6 Å². The second-order valence-corrected chi connectivity index (χ2v) is 10.6. The summed E-state index contributed by atoms with van der Waals surface area (Å²) in [4.78, 5) is 13.1. The fraction of sp³-hybridized carbons (Fsp3) is 0.240. The summed E-state index contributed by atoms with van der Waals surface area (Å²) in [6.45, 7) is 3.48. The molecule has 1 amide bonds. The van der Waals surface area contributed by atoms with E-state index in [1.54, 1.807) is 31.4 Å². The van der Waals surface area contributed by atoms with Crippen molar-refractivity contribution in [3.8, 4) is 5.75 Å². The van der Waals surface area contributed by atoms with E-state index in [9.17, 15) is 13.2 Å². The number of ether oxygens (including phenoxy) is 1. The van der Waals surface area contributed by atoms with E-state index < -0.39 is 15.9 Å². The number of amides is 1. The first-order valence-corrected chi connectivity index (χ1v) is 12.7. The normalized spacial score (nSPS) is 12.4. The molecule has 0 radical (unpaired) electrons. The van der Waals surface area contributed by atoms with Gasteiger partial charge in [-0.1, -0.05) is 64.0 Å². The minimum absolute atomic E-state index is 0.0694. The fourth-order valence-corrected chi connectivity index (χ4v) is 5.08. The number of carbonyl (C=O) groups excluding carboxylic acids is 1. The quantitative estimate of drug-likeness (QED) is 0.429. The number of hydrogen-bond donors (Lipinski definition) is 1. The standard InChI is InChI=1S/C25H27BrN2O4S/c1-18-8-14-22(15-9-18)33(30,31)28(16-20-10-12-21(26)13-11-20)17-25(29)27-19(2)23-6-4-5-7-24(23)32-3/h4-15,19H,16-17H2,1-3H3,(H,27,29)/t19-/m0/s1. The molecule has 0 saturated heterocycles. The van der Waals surface area contributed by atoms with Gasteiger partial charge in [-0.3, -0.25) is 4.79 Å². The zero-order chi connectivity index (χ0) is 24.0. The SMILES string of the molecule is COc1ccccc1[C@H](C)NC(=O)CN(Cc1ccc(Br)cc1)S(=O)(=O)c1ccc(C)cc1. The van der Waals surface area contributed by atoms with E-state index in [0.717, 1.165) is 21.2 Å². The number of nitrogens with zero attached hydrogens (tertiary/aromatic N) is 1. The maximum atomic E-state index is 13.4. The van der Waals surface area contributed by atoms with Gasteiger partial charge in [-0.05, 0) is 49.7 Å². The van der Waals surface area contributed by atoms with Gasteiger partial charge in [0.05, 0.1) is 24.6 Å². The number of rotatable bonds is 9. The van der Waals surface area contributed by atoms with Crippen molar-refractivity contribution in [1.82, 2.24) is 9.62 Å². The molecule has 3 rings (SSSR count). The molecule has 0 heterocycles. The molecule has 0 fully saturated rings. The Hall–Kier alpha value is -2.68. The van der Waals surface area contributed by atoms with Crippen LogP contribution in [-0.4, -0.2) is 32.3 Å². The summed E-state index contributed by atoms with van der Waals surface area (Å²) in [5.74, 6) is 0.255. The van der Waals surface area contributed by atoms with Crippen molar-refractivity contribution in [2.24, 2.45) is 0 Å². The molecule has 33 heavy (non-hydrogen) atoms. The summed E-state index contributed by atoms with van der Waals surface area (Å²) in [5.41, 5.74) is 2.55. The summed E-state index contributed by atoms with van der Waals surface area (Å²) in [6, 6.07) is 21.0. The van der Waals surface area contributed by atoms with Gasteiger partial charge in [-0.15, -0.1) is 0 Å². The Morgan fingerprint density at radius 2 is 1.67 bits per heavy atom. The zero-order valence-electron chi connectivity index (χ0n) is 18.8. The number of sulfonamides is 1. The average molecular weight is 531 g/mol. The predicted molar refractivity (Wildman–Crippen MR) is 132 cm³/mol. The zero-order valence-corrected chi connectivity index (χ0v) is 21.2. The molecule has 3 aromatic rings. The third-order valence-corrected chi connectivity index (χ3v) is 7.57. The van der Waals surface area contributed by atoms with Crippen LogP contribution in [0.1, 0.15) is 29.7 Å². The molecule has 0 saturated carbocycles. The monoisotopic (exact) mass is 530 g/mol. The van der Waals surface area contributed by atoms with Gasteiger partial charge in [-0.2, -0.15) is 4.31 Å². The number of para-hydroxylation sites is 1. The highest BCUT2D eigenvalue weighted by molar-refractivity contribution is 9.10. The first-order valence-electron chi connectivity index (χ1n) is 10.4. The average Bonchev–Trinajstić information content (AvgIpc) is 2.80. The Morgan fingerprint density at radius 3 is 2.30 bits per heavy atom. The summed E-state index contributed by atoms with van der Waals surface area (Å²) < 4.78 is 34.3. The van der Waals surface area contributed by atoms with Crippen molar-refractivity contribution in [1.29, 1.82) is 0 Å². The Balaban J connectivity index is 1.84. The van der Waals surface area contributed by atoms with E-state index in [4.69, 9.17) is 4.74 Å². The van der Waals surface area contributed by atoms with Crippen LogP contribution >= 0.6 is 15.9 Å². The highest BCUT2D eigenvalue weighted by atomic mass is 79.9. The second-order valence-electron chi connectivity index (χ2n) is 7.74. The van der Waals surface area contributed by atoms with Crippen molar-refractivity contribution < 1.29 is 17.9 Å². The summed E-state index contributed by atoms with van der Waals surface area (Å²) in [7, 11) is -2.33. The van der Waals surface area contributed by atoms with E-state index in [1.165, 1.54) is 4.31 Å². The first kappa shape index (κ1) is 25.0. The lowest BCUT2D eigenvalue weighted by atomic mass is 10.1. The predicted octanol–water partition coefficient (Wildman–Crippen LogP) is 4.83. The van der Waals surface area contributed by atoms with Crippen molar-refractivity contribution in [2.45, 2.75) is 31.3 Å². The molecule has 6 nitrogen and oxygen atoms in total. The van der Waals surface area contributed by atoms with Crippen LogP contribution in [0.4, 0.5) is 0 Å². The largest absolute Gasteiger partial charge is 0.496 e. The minimum Gasteiger partial charge on any atom is -0.496 e. The molecule has 0 unspecified atom stereocenters. The van der Waals surface area contributed by atoms with Crippen LogP contribution in [0, 0.1) is 6.92 Å². The number of nitrogens with one attached hydrogen (secondary N) is 1. The van der Waals surface area contributed by atoms with Crippen molar-refractivity contribution in [2.75, 3.05) is 13.7 Å². The Labute approximate surface area is 203 Å². The van der Waals surface area contributed by atoms with Gasteiger partial charge in [0.1, 0.15) is 5.75 Å². The Kier molecular flexibility index (Phi) is 8.29. The third-order valence-electron chi connectivity index (χ3n) is 5.23. The number of aryl methyl sites for hydroxylation is 1. The van der Waals surface area contributed by atoms with Crippen LogP contribution in [-0.2, 0) is 21.4 Å². The van der Waals surface area contributed by atoms with E-state index in [0.29, 0.717) is 5.75 Å². The number of methoxy groups -OCH3 is 1. The van der Waals surface area contributed by atoms with Crippen molar-refractivity contribution in [3.63, 3.8) is 0 Å². The van der Waals surface area contributed by atoms with Gasteiger partial charge in [0.15, 0.2) is 0 Å². The van der Waals surface area contributed by atoms with E-state index in [1.807, 2.05) is 62.4 Å². The van der Waals surface area contributed by atoms with Crippen LogP contribution in [0.5, 0.6) is 5.75 Å². The van der Waals surface area contributed by atoms with Crippen LogP contribution in [0.25, 0.3) is 0 Å². The Bertz CT molecular complexity index is 1200. The second kappa shape index (κ2) is 11.0. The molecule has 3 aromatic carbocycles. The first-order chi connectivity index (χ1) is 15.7. The van der Waals surface area contributed by atoms with Gasteiger partial charge in [0.2, 0.25) is 15.9 Å². The van der Waals surface area contributed by atoms with Gasteiger partial charge in [0.25, 0.3) is 0 Å². The lowest BCUT2D eigenvalue weighted by molar-refractivity contribution is -0.122. The van der Waals surface area contributed by atoms with Crippen LogP contribution < -0.4 is 10.1 Å². The van der Waals surface area contributed by atoms with Crippen molar-refractivity contribution >= 4 is 31.9 Å². The fourth-order valence-electron chi connectivity index (χ4n) is 3.43. The van der Waals surface area contributed by atoms with Crippen LogP contribution in [0.2, 0.25) is 0 Å². The van der Waals surface area contributed by atoms with E-state index >= 15 is 0 Å². The molecule has 0 bridgehead atoms. The van der Waals surface area contributed by atoms with E-state index in [2.05, 4.69) is 21.2 Å². The number of halogens is 1. The Morgan fingerprint density at radius 1 is 1.03 bits per heavy atom. The lowest BCUT2D eigenvalue weighted by Crippen LogP contribution is -2.41. The lowest BCUT2D eigenvalue weighted by Gasteiger charge is -2.24.